The Morgan fingerprint density at radius 3 is 2.76 bits per heavy atom. The molecule has 1 heterocycles. The molecule has 0 aromatic carbocycles. The molecule has 0 aliphatic carbocycles. The number of hydrogen-bond acceptors (Lipinski definition) is 4. The van der Waals surface area contributed by atoms with E-state index in [1.165, 1.54) is 0 Å². The molecular formula is C14H22N2O5. The third-order valence-corrected chi connectivity index (χ3v) is 2.87. The standard InChI is InChI=1S/C14H22N2O5/c1-3-10-6-7-12(21-10)11(9-20-2)16-14(19)15-8-4-5-13(17)18/h6-7,11H,3-5,8-9H2,1-2H3,(H,17,18)(H2,15,16,19). The minimum Gasteiger partial charge on any atom is -0.481 e. The zero-order valence-electron chi connectivity index (χ0n) is 12.3. The molecule has 7 heteroatoms. The number of amides is 2. The van der Waals surface area contributed by atoms with E-state index in [4.69, 9.17) is 14.3 Å². The third-order valence-electron chi connectivity index (χ3n) is 2.87. The summed E-state index contributed by atoms with van der Waals surface area (Å²) >= 11 is 0. The second-order valence-electron chi connectivity index (χ2n) is 4.56. The molecule has 2 amide bonds. The van der Waals surface area contributed by atoms with Gasteiger partial charge in [-0.1, -0.05) is 6.92 Å². The van der Waals surface area contributed by atoms with E-state index in [-0.39, 0.29) is 18.5 Å². The fraction of sp³-hybridized carbons (Fsp3) is 0.571. The molecule has 0 bridgehead atoms. The Balaban J connectivity index is 2.46. The Morgan fingerprint density at radius 2 is 2.19 bits per heavy atom. The first-order chi connectivity index (χ1) is 10.1. The number of rotatable bonds is 9. The highest BCUT2D eigenvalue weighted by molar-refractivity contribution is 5.74. The van der Waals surface area contributed by atoms with E-state index in [1.807, 2.05) is 19.1 Å². The van der Waals surface area contributed by atoms with Crippen LogP contribution >= 0.6 is 0 Å². The molecule has 0 aliphatic heterocycles. The lowest BCUT2D eigenvalue weighted by Gasteiger charge is -2.16. The molecule has 0 radical (unpaired) electrons. The maximum atomic E-state index is 11.8. The summed E-state index contributed by atoms with van der Waals surface area (Å²) in [6.07, 6.45) is 1.19. The first-order valence-corrected chi connectivity index (χ1v) is 6.90. The summed E-state index contributed by atoms with van der Waals surface area (Å²) in [5, 5.41) is 13.9. The summed E-state index contributed by atoms with van der Waals surface area (Å²) in [6.45, 7) is 2.58. The van der Waals surface area contributed by atoms with Crippen molar-refractivity contribution in [2.75, 3.05) is 20.3 Å². The van der Waals surface area contributed by atoms with Crippen LogP contribution in [-0.4, -0.2) is 37.4 Å². The third kappa shape index (κ3) is 6.31. The van der Waals surface area contributed by atoms with Crippen molar-refractivity contribution >= 4 is 12.0 Å². The quantitative estimate of drug-likeness (QED) is 0.602. The molecule has 118 valence electrons. The van der Waals surface area contributed by atoms with Gasteiger partial charge in [0.05, 0.1) is 6.61 Å². The van der Waals surface area contributed by atoms with Crippen molar-refractivity contribution in [1.82, 2.24) is 10.6 Å². The Hall–Kier alpha value is -2.02. The van der Waals surface area contributed by atoms with Crippen LogP contribution in [0.3, 0.4) is 0 Å². The molecule has 3 N–H and O–H groups in total. The number of ether oxygens (including phenoxy) is 1. The predicted octanol–water partition coefficient (Wildman–Crippen LogP) is 1.69. The van der Waals surface area contributed by atoms with E-state index in [0.717, 1.165) is 12.2 Å². The van der Waals surface area contributed by atoms with Gasteiger partial charge in [-0.15, -0.1) is 0 Å². The highest BCUT2D eigenvalue weighted by Crippen LogP contribution is 2.17. The molecule has 1 atom stereocenters. The molecule has 0 saturated heterocycles. The van der Waals surface area contributed by atoms with Crippen LogP contribution in [0.5, 0.6) is 0 Å². The number of aliphatic carboxylic acids is 1. The molecule has 7 nitrogen and oxygen atoms in total. The molecular weight excluding hydrogens is 276 g/mol. The second kappa shape index (κ2) is 9.02. The van der Waals surface area contributed by atoms with Crippen molar-refractivity contribution < 1.29 is 23.8 Å². The molecule has 1 unspecified atom stereocenters. The summed E-state index contributed by atoms with van der Waals surface area (Å²) in [5.74, 6) is 0.598. The smallest absolute Gasteiger partial charge is 0.315 e. The highest BCUT2D eigenvalue weighted by atomic mass is 16.5. The van der Waals surface area contributed by atoms with Crippen molar-refractivity contribution in [3.05, 3.63) is 23.7 Å². The Kier molecular flexibility index (Phi) is 7.31. The minimum absolute atomic E-state index is 0.0276. The highest BCUT2D eigenvalue weighted by Gasteiger charge is 2.17. The number of nitrogens with one attached hydrogen (secondary N) is 2. The van der Waals surface area contributed by atoms with Crippen LogP contribution < -0.4 is 10.6 Å². The van der Waals surface area contributed by atoms with Crippen LogP contribution in [0, 0.1) is 0 Å². The maximum Gasteiger partial charge on any atom is 0.315 e. The van der Waals surface area contributed by atoms with E-state index in [9.17, 15) is 9.59 Å². The lowest BCUT2D eigenvalue weighted by atomic mass is 10.2. The summed E-state index contributed by atoms with van der Waals surface area (Å²) < 4.78 is 10.7. The van der Waals surface area contributed by atoms with Gasteiger partial charge in [0.2, 0.25) is 0 Å². The van der Waals surface area contributed by atoms with Gasteiger partial charge in [-0.3, -0.25) is 4.79 Å². The summed E-state index contributed by atoms with van der Waals surface area (Å²) in [4.78, 5) is 22.1. The first kappa shape index (κ1) is 17.0. The van der Waals surface area contributed by atoms with E-state index in [0.29, 0.717) is 25.3 Å². The number of methoxy groups -OCH3 is 1. The number of carboxylic acids is 1. The zero-order chi connectivity index (χ0) is 15.7. The lowest BCUT2D eigenvalue weighted by Crippen LogP contribution is -2.39. The molecule has 1 aromatic rings. The van der Waals surface area contributed by atoms with Gasteiger partial charge in [0.1, 0.15) is 17.6 Å². The number of carbonyl (C=O) groups excluding carboxylic acids is 1. The number of carbonyl (C=O) groups is 2. The van der Waals surface area contributed by atoms with Gasteiger partial charge in [-0.2, -0.15) is 0 Å². The van der Waals surface area contributed by atoms with Gasteiger partial charge >= 0.3 is 12.0 Å². The molecule has 1 rings (SSSR count). The van der Waals surface area contributed by atoms with Crippen molar-refractivity contribution in [1.29, 1.82) is 0 Å². The summed E-state index contributed by atoms with van der Waals surface area (Å²) in [6, 6.07) is 2.92. The molecule has 0 spiro atoms. The molecule has 21 heavy (non-hydrogen) atoms. The van der Waals surface area contributed by atoms with Gasteiger partial charge in [-0.05, 0) is 18.6 Å². The average molecular weight is 298 g/mol. The molecule has 0 aliphatic rings. The Bertz CT molecular complexity index is 458. The van der Waals surface area contributed by atoms with Crippen LogP contribution in [0.4, 0.5) is 4.79 Å². The van der Waals surface area contributed by atoms with Crippen LogP contribution in [0.25, 0.3) is 0 Å². The van der Waals surface area contributed by atoms with Crippen molar-refractivity contribution in [3.8, 4) is 0 Å². The number of aryl methyl sites for hydroxylation is 1. The largest absolute Gasteiger partial charge is 0.481 e. The first-order valence-electron chi connectivity index (χ1n) is 6.90. The number of urea groups is 1. The number of furan rings is 1. The maximum absolute atomic E-state index is 11.8. The Labute approximate surface area is 123 Å². The second-order valence-corrected chi connectivity index (χ2v) is 4.56. The zero-order valence-corrected chi connectivity index (χ0v) is 12.3. The molecule has 0 saturated carbocycles. The summed E-state index contributed by atoms with van der Waals surface area (Å²) in [5.41, 5.74) is 0. The normalized spacial score (nSPS) is 11.9. The van der Waals surface area contributed by atoms with E-state index < -0.39 is 5.97 Å². The van der Waals surface area contributed by atoms with Crippen LogP contribution in [-0.2, 0) is 16.0 Å². The van der Waals surface area contributed by atoms with Crippen molar-refractivity contribution in [3.63, 3.8) is 0 Å². The lowest BCUT2D eigenvalue weighted by molar-refractivity contribution is -0.137. The predicted molar refractivity (Wildman–Crippen MR) is 76.1 cm³/mol. The van der Waals surface area contributed by atoms with Crippen LogP contribution in [0.1, 0.15) is 37.3 Å². The SMILES string of the molecule is CCc1ccc(C(COC)NC(=O)NCCCC(=O)O)o1. The van der Waals surface area contributed by atoms with E-state index in [1.54, 1.807) is 7.11 Å². The monoisotopic (exact) mass is 298 g/mol. The van der Waals surface area contributed by atoms with Crippen LogP contribution in [0.15, 0.2) is 16.5 Å². The molecule has 0 fully saturated rings. The van der Waals surface area contributed by atoms with Gasteiger partial charge in [0, 0.05) is 26.5 Å². The number of carboxylic acid groups (broad SMARTS) is 1. The average Bonchev–Trinajstić information content (AvgIpc) is 2.92. The topological polar surface area (TPSA) is 101 Å². The van der Waals surface area contributed by atoms with Crippen molar-refractivity contribution in [2.45, 2.75) is 32.2 Å². The fourth-order valence-electron chi connectivity index (χ4n) is 1.78. The fourth-order valence-corrected chi connectivity index (χ4v) is 1.78. The van der Waals surface area contributed by atoms with Crippen LogP contribution in [0.2, 0.25) is 0 Å². The van der Waals surface area contributed by atoms with Gasteiger partial charge in [0.25, 0.3) is 0 Å². The minimum atomic E-state index is -0.878. The number of hydrogen-bond donors (Lipinski definition) is 3. The Morgan fingerprint density at radius 1 is 1.43 bits per heavy atom. The van der Waals surface area contributed by atoms with E-state index in [2.05, 4.69) is 10.6 Å². The molecule has 1 aromatic heterocycles. The van der Waals surface area contributed by atoms with Gasteiger partial charge in [-0.25, -0.2) is 4.79 Å². The van der Waals surface area contributed by atoms with Gasteiger partial charge < -0.3 is 24.9 Å². The van der Waals surface area contributed by atoms with Gasteiger partial charge in [0.15, 0.2) is 0 Å². The summed E-state index contributed by atoms with van der Waals surface area (Å²) in [7, 11) is 1.54. The van der Waals surface area contributed by atoms with Crippen molar-refractivity contribution in [2.24, 2.45) is 0 Å². The van der Waals surface area contributed by atoms with E-state index >= 15 is 0 Å².